The van der Waals surface area contributed by atoms with Crippen molar-refractivity contribution >= 4 is 25.3 Å². The fraction of sp³-hybridized carbons (Fsp3) is 0.0476. The molecular weight excluding hydrogens is 405 g/mol. The number of nitrogens with one attached hydrogen (secondary N) is 2. The second kappa shape index (κ2) is 9.62. The topological polar surface area (TPSA) is 124 Å². The number of phosphoric ester groups is 1. The monoisotopic (exact) mass is 425 g/mol. The summed E-state index contributed by atoms with van der Waals surface area (Å²) >= 11 is 0. The van der Waals surface area contributed by atoms with Crippen molar-refractivity contribution in [3.63, 3.8) is 0 Å². The summed E-state index contributed by atoms with van der Waals surface area (Å²) in [5, 5.41) is 10.2. The van der Waals surface area contributed by atoms with E-state index in [0.717, 1.165) is 0 Å². The highest BCUT2D eigenvalue weighted by Gasteiger charge is 2.35. The maximum Gasteiger partial charge on any atom is 0.649 e. The highest BCUT2D eigenvalue weighted by atomic mass is 31.2. The normalized spacial score (nSPS) is 10.7. The van der Waals surface area contributed by atoms with E-state index in [1.165, 1.54) is 0 Å². The van der Waals surface area contributed by atoms with Crippen molar-refractivity contribution in [1.29, 1.82) is 5.41 Å². The number of phosphoric acid groups is 1. The molecule has 0 aliphatic heterocycles. The van der Waals surface area contributed by atoms with Crippen molar-refractivity contribution in [2.45, 2.75) is 0 Å². The van der Waals surface area contributed by atoms with Gasteiger partial charge in [0.1, 0.15) is 23.9 Å². The van der Waals surface area contributed by atoms with Gasteiger partial charge in [0.05, 0.1) is 0 Å². The molecule has 0 fully saturated rings. The standard InChI is InChI=1S/C21H20N3O5P/c22-21(23)16-11-13-17(14-12-16)24-15-20(25)29-30(26,27-18-7-3-1-4-8-18)28-19-9-5-2-6-10-19/h1-14,24H,15H2,(H3,22,23). The predicted octanol–water partition coefficient (Wildman–Crippen LogP) is 4.19. The van der Waals surface area contributed by atoms with Gasteiger partial charge in [-0.3, -0.25) is 5.41 Å². The lowest BCUT2D eigenvalue weighted by Crippen LogP contribution is -2.19. The average molecular weight is 425 g/mol. The van der Waals surface area contributed by atoms with Crippen molar-refractivity contribution < 1.29 is 22.9 Å². The Hall–Kier alpha value is -3.77. The Balaban J connectivity index is 1.67. The Morgan fingerprint density at radius 1 is 0.867 bits per heavy atom. The van der Waals surface area contributed by atoms with Crippen LogP contribution in [0.1, 0.15) is 5.56 Å². The lowest BCUT2D eigenvalue weighted by atomic mass is 10.2. The Labute approximate surface area is 173 Å². The number of para-hydroxylation sites is 2. The van der Waals surface area contributed by atoms with Gasteiger partial charge in [0, 0.05) is 11.3 Å². The zero-order chi connectivity index (χ0) is 21.4. The fourth-order valence-corrected chi connectivity index (χ4v) is 3.56. The van der Waals surface area contributed by atoms with Crippen molar-refractivity contribution in [2.24, 2.45) is 5.73 Å². The van der Waals surface area contributed by atoms with E-state index in [-0.39, 0.29) is 23.9 Å². The first-order chi connectivity index (χ1) is 14.4. The average Bonchev–Trinajstić information content (AvgIpc) is 2.73. The zero-order valence-corrected chi connectivity index (χ0v) is 16.8. The van der Waals surface area contributed by atoms with Crippen molar-refractivity contribution in [3.8, 4) is 11.5 Å². The van der Waals surface area contributed by atoms with E-state index in [2.05, 4.69) is 5.32 Å². The predicted molar refractivity (Wildman–Crippen MR) is 114 cm³/mol. The SMILES string of the molecule is N=C(N)c1ccc(NCC(=O)OP(=O)(Oc2ccccc2)Oc2ccccc2)cc1. The summed E-state index contributed by atoms with van der Waals surface area (Å²) in [6.07, 6.45) is 0. The van der Waals surface area contributed by atoms with E-state index in [1.54, 1.807) is 84.9 Å². The third-order valence-corrected chi connectivity index (χ3v) is 5.06. The highest BCUT2D eigenvalue weighted by molar-refractivity contribution is 7.50. The number of anilines is 1. The summed E-state index contributed by atoms with van der Waals surface area (Å²) in [5.41, 5.74) is 6.56. The summed E-state index contributed by atoms with van der Waals surface area (Å²) in [6.45, 7) is -0.278. The molecule has 0 heterocycles. The number of hydrogen-bond acceptors (Lipinski definition) is 7. The number of hydrogen-bond donors (Lipinski definition) is 3. The smallest absolute Gasteiger partial charge is 0.386 e. The number of nitrogen functional groups attached to an aromatic ring is 1. The summed E-state index contributed by atoms with van der Waals surface area (Å²) in [6, 6.07) is 23.2. The van der Waals surface area contributed by atoms with E-state index in [1.807, 2.05) is 0 Å². The molecule has 3 rings (SSSR count). The van der Waals surface area contributed by atoms with Crippen LogP contribution in [0.5, 0.6) is 11.5 Å². The van der Waals surface area contributed by atoms with Gasteiger partial charge < -0.3 is 24.6 Å². The molecular formula is C21H20N3O5P. The summed E-state index contributed by atoms with van der Waals surface area (Å²) in [7, 11) is -4.30. The second-order valence-electron chi connectivity index (χ2n) is 6.06. The Kier molecular flexibility index (Phi) is 6.72. The van der Waals surface area contributed by atoms with Crippen LogP contribution in [0.3, 0.4) is 0 Å². The van der Waals surface area contributed by atoms with Crippen LogP contribution in [0, 0.1) is 5.41 Å². The lowest BCUT2D eigenvalue weighted by Gasteiger charge is -2.18. The number of carbonyl (C=O) groups is 1. The van der Waals surface area contributed by atoms with E-state index < -0.39 is 13.8 Å². The van der Waals surface area contributed by atoms with Gasteiger partial charge in [0.15, 0.2) is 0 Å². The molecule has 154 valence electrons. The molecule has 0 unspecified atom stereocenters. The molecule has 0 spiro atoms. The van der Waals surface area contributed by atoms with E-state index in [9.17, 15) is 9.36 Å². The molecule has 4 N–H and O–H groups in total. The van der Waals surface area contributed by atoms with Crippen molar-refractivity contribution in [2.75, 3.05) is 11.9 Å². The van der Waals surface area contributed by atoms with Crippen LogP contribution in [0.4, 0.5) is 5.69 Å². The maximum atomic E-state index is 13.1. The Bertz CT molecular complexity index is 998. The van der Waals surface area contributed by atoms with Crippen LogP contribution in [0.25, 0.3) is 0 Å². The number of benzene rings is 3. The minimum atomic E-state index is -4.30. The van der Waals surface area contributed by atoms with Crippen molar-refractivity contribution in [3.05, 3.63) is 90.5 Å². The van der Waals surface area contributed by atoms with Gasteiger partial charge in [0.2, 0.25) is 0 Å². The summed E-state index contributed by atoms with van der Waals surface area (Å²) in [4.78, 5) is 12.3. The molecule has 0 bridgehead atoms. The summed E-state index contributed by atoms with van der Waals surface area (Å²) in [5.74, 6) is -0.423. The molecule has 0 aliphatic rings. The molecule has 3 aromatic rings. The van der Waals surface area contributed by atoms with E-state index in [4.69, 9.17) is 24.7 Å². The molecule has 0 aliphatic carbocycles. The first-order valence-electron chi connectivity index (χ1n) is 8.94. The van der Waals surface area contributed by atoms with Crippen LogP contribution in [-0.2, 0) is 13.9 Å². The highest BCUT2D eigenvalue weighted by Crippen LogP contribution is 2.49. The number of rotatable bonds is 9. The number of nitrogens with two attached hydrogens (primary N) is 1. The van der Waals surface area contributed by atoms with E-state index >= 15 is 0 Å². The molecule has 0 atom stereocenters. The minimum Gasteiger partial charge on any atom is -0.386 e. The van der Waals surface area contributed by atoms with E-state index in [0.29, 0.717) is 11.3 Å². The molecule has 3 aromatic carbocycles. The second-order valence-corrected chi connectivity index (χ2v) is 7.51. The van der Waals surface area contributed by atoms with Crippen LogP contribution in [0.2, 0.25) is 0 Å². The number of carbonyl (C=O) groups excluding carboxylic acids is 1. The lowest BCUT2D eigenvalue weighted by molar-refractivity contribution is -0.133. The minimum absolute atomic E-state index is 0.0574. The fourth-order valence-electron chi connectivity index (χ4n) is 2.38. The van der Waals surface area contributed by atoms with Crippen LogP contribution in [-0.4, -0.2) is 18.3 Å². The Morgan fingerprint density at radius 3 is 1.83 bits per heavy atom. The first-order valence-corrected chi connectivity index (χ1v) is 10.4. The summed E-state index contributed by atoms with van der Waals surface area (Å²) < 4.78 is 29.0. The van der Waals surface area contributed by atoms with Gasteiger partial charge in [0.25, 0.3) is 0 Å². The van der Waals surface area contributed by atoms with Crippen LogP contribution >= 0.6 is 7.82 Å². The molecule has 0 aromatic heterocycles. The third kappa shape index (κ3) is 6.12. The number of amidine groups is 1. The van der Waals surface area contributed by atoms with Crippen molar-refractivity contribution in [1.82, 2.24) is 0 Å². The maximum absolute atomic E-state index is 13.1. The largest absolute Gasteiger partial charge is 0.649 e. The van der Waals surface area contributed by atoms with Gasteiger partial charge in [-0.25, -0.2) is 4.79 Å². The quantitative estimate of drug-likeness (QED) is 0.267. The molecule has 0 saturated carbocycles. The van der Waals surface area contributed by atoms with Gasteiger partial charge in [-0.15, -0.1) is 0 Å². The van der Waals surface area contributed by atoms with Gasteiger partial charge in [-0.2, -0.15) is 4.57 Å². The molecule has 30 heavy (non-hydrogen) atoms. The zero-order valence-electron chi connectivity index (χ0n) is 15.9. The molecule has 0 radical (unpaired) electrons. The first kappa shape index (κ1) is 21.0. The van der Waals surface area contributed by atoms with Gasteiger partial charge >= 0.3 is 13.8 Å². The van der Waals surface area contributed by atoms with Crippen LogP contribution < -0.4 is 20.1 Å². The molecule has 0 saturated heterocycles. The third-order valence-electron chi connectivity index (χ3n) is 3.77. The molecule has 9 heteroatoms. The van der Waals surface area contributed by atoms with Gasteiger partial charge in [-0.1, -0.05) is 36.4 Å². The Morgan fingerprint density at radius 2 is 1.37 bits per heavy atom. The molecule has 8 nitrogen and oxygen atoms in total. The molecule has 0 amide bonds. The van der Waals surface area contributed by atoms with Gasteiger partial charge in [-0.05, 0) is 48.5 Å². The van der Waals surface area contributed by atoms with Crippen LogP contribution in [0.15, 0.2) is 84.9 Å².